The number of carbonyl (C=O) groups is 3. The van der Waals surface area contributed by atoms with Crippen LogP contribution in [-0.2, 0) is 24.5 Å². The third-order valence-electron chi connectivity index (χ3n) is 9.51. The summed E-state index contributed by atoms with van der Waals surface area (Å²) in [5.41, 5.74) is 5.81. The number of carbonyl (C=O) groups excluding carboxylic acids is 3. The van der Waals surface area contributed by atoms with Crippen molar-refractivity contribution in [3.63, 3.8) is 0 Å². The van der Waals surface area contributed by atoms with Crippen molar-refractivity contribution in [1.82, 2.24) is 10.6 Å². The molecular formula is C34H43Cl2FN4O4. The Hall–Kier alpha value is -2.72. The van der Waals surface area contributed by atoms with Crippen molar-refractivity contribution in [1.29, 1.82) is 0 Å². The predicted molar refractivity (Wildman–Crippen MR) is 174 cm³/mol. The van der Waals surface area contributed by atoms with E-state index in [0.29, 0.717) is 48.4 Å². The van der Waals surface area contributed by atoms with Crippen LogP contribution in [0.15, 0.2) is 36.4 Å². The molecule has 0 aromatic heterocycles. The summed E-state index contributed by atoms with van der Waals surface area (Å²) in [5.74, 6) is -2.65. The van der Waals surface area contributed by atoms with Gasteiger partial charge in [0.2, 0.25) is 11.8 Å². The number of nitrogens with one attached hydrogen (secondary N) is 3. The summed E-state index contributed by atoms with van der Waals surface area (Å²) in [5, 5.41) is 10.1. The van der Waals surface area contributed by atoms with Crippen molar-refractivity contribution < 1.29 is 23.5 Å². The lowest BCUT2D eigenvalue weighted by atomic mass is 9.62. The number of ether oxygens (including phenoxy) is 1. The lowest BCUT2D eigenvalue weighted by Gasteiger charge is -2.38. The van der Waals surface area contributed by atoms with Gasteiger partial charge < -0.3 is 26.4 Å². The van der Waals surface area contributed by atoms with E-state index in [9.17, 15) is 14.4 Å². The maximum absolute atomic E-state index is 16.0. The maximum atomic E-state index is 16.0. The van der Waals surface area contributed by atoms with Crippen LogP contribution in [0.2, 0.25) is 10.0 Å². The van der Waals surface area contributed by atoms with Gasteiger partial charge in [0.05, 0.1) is 11.1 Å². The molecule has 2 aromatic carbocycles. The van der Waals surface area contributed by atoms with Gasteiger partial charge in [-0.1, -0.05) is 76.0 Å². The number of hydrogen-bond acceptors (Lipinski definition) is 6. The zero-order valence-corrected chi connectivity index (χ0v) is 27.9. The van der Waals surface area contributed by atoms with Crippen LogP contribution in [0.3, 0.4) is 0 Å². The molecule has 2 aromatic rings. The zero-order chi connectivity index (χ0) is 32.8. The number of halogens is 3. The average molecular weight is 662 g/mol. The van der Waals surface area contributed by atoms with Crippen molar-refractivity contribution >= 4 is 46.7 Å². The molecule has 0 bridgehead atoms. The van der Waals surface area contributed by atoms with E-state index in [4.69, 9.17) is 33.7 Å². The SMILES string of the molecule is CC(C)[C@H](N)C(=O)OC1CCC(NC(=O)[C@@H]2N[C@H](CC(C)(C)C)[C@]3(C(=O)Nc4cc(Cl)ccc43)[C@H]2c2cccc(Cl)c2F)CC1. The van der Waals surface area contributed by atoms with Crippen molar-refractivity contribution in [3.8, 4) is 0 Å². The molecule has 5 N–H and O–H groups in total. The summed E-state index contributed by atoms with van der Waals surface area (Å²) in [7, 11) is 0. The first-order chi connectivity index (χ1) is 21.1. The second-order valence-corrected chi connectivity index (χ2v) is 15.1. The molecule has 2 heterocycles. The summed E-state index contributed by atoms with van der Waals surface area (Å²) in [4.78, 5) is 40.9. The second kappa shape index (κ2) is 12.8. The van der Waals surface area contributed by atoms with Crippen LogP contribution in [0.5, 0.6) is 0 Å². The maximum Gasteiger partial charge on any atom is 0.323 e. The number of amides is 2. The number of nitrogens with two attached hydrogens (primary N) is 1. The summed E-state index contributed by atoms with van der Waals surface area (Å²) in [6.07, 6.45) is 2.63. The number of fused-ring (bicyclic) bond motifs is 2. The molecule has 1 saturated heterocycles. The van der Waals surface area contributed by atoms with Crippen LogP contribution in [0.4, 0.5) is 10.1 Å². The highest BCUT2D eigenvalue weighted by Crippen LogP contribution is 2.57. The van der Waals surface area contributed by atoms with Crippen LogP contribution >= 0.6 is 23.2 Å². The van der Waals surface area contributed by atoms with Gasteiger partial charge in [0.25, 0.3) is 0 Å². The van der Waals surface area contributed by atoms with E-state index < -0.39 is 41.2 Å². The highest BCUT2D eigenvalue weighted by Gasteiger charge is 2.66. The van der Waals surface area contributed by atoms with Crippen LogP contribution in [-0.4, -0.2) is 48.1 Å². The fourth-order valence-corrected chi connectivity index (χ4v) is 7.64. The van der Waals surface area contributed by atoms with Gasteiger partial charge in [-0.3, -0.25) is 14.4 Å². The Labute approximate surface area is 274 Å². The standard InChI is InChI=1S/C34H43Cl2FN4O4/c1-17(2)28(38)31(43)45-20-12-10-19(11-13-20)39-30(42)29-26(21-7-6-8-23(36)27(21)37)34(25(41-29)16-33(3,4)5)22-14-9-18(35)15-24(22)40-32(34)44/h6-9,14-15,17,19-20,25-26,28-29,41H,10-13,16,38H2,1-5H3,(H,39,42)(H,40,44)/t19?,20?,25-,26+,28+,29-,34+/m1/s1. The minimum absolute atomic E-state index is 0.0272. The van der Waals surface area contributed by atoms with Crippen LogP contribution in [0.25, 0.3) is 0 Å². The third-order valence-corrected chi connectivity index (χ3v) is 10.0. The molecule has 244 valence electrons. The topological polar surface area (TPSA) is 123 Å². The number of esters is 1. The van der Waals surface area contributed by atoms with Gasteiger partial charge in [0.1, 0.15) is 23.4 Å². The van der Waals surface area contributed by atoms with E-state index in [1.807, 2.05) is 13.8 Å². The largest absolute Gasteiger partial charge is 0.461 e. The first-order valence-electron chi connectivity index (χ1n) is 15.7. The Morgan fingerprint density at radius 3 is 2.47 bits per heavy atom. The smallest absolute Gasteiger partial charge is 0.323 e. The van der Waals surface area contributed by atoms with E-state index in [1.54, 1.807) is 30.3 Å². The molecule has 1 aliphatic carbocycles. The van der Waals surface area contributed by atoms with Gasteiger partial charge in [-0.2, -0.15) is 0 Å². The molecule has 2 amide bonds. The molecule has 11 heteroatoms. The predicted octanol–water partition coefficient (Wildman–Crippen LogP) is 5.84. The molecule has 8 nitrogen and oxygen atoms in total. The molecular weight excluding hydrogens is 618 g/mol. The van der Waals surface area contributed by atoms with Gasteiger partial charge in [0, 0.05) is 28.7 Å². The molecule has 5 rings (SSSR count). The molecule has 0 radical (unpaired) electrons. The number of hydrogen-bond donors (Lipinski definition) is 4. The van der Waals surface area contributed by atoms with Crippen LogP contribution < -0.4 is 21.7 Å². The summed E-state index contributed by atoms with van der Waals surface area (Å²) in [6, 6.07) is 7.60. The Kier molecular flexibility index (Phi) is 9.58. The average Bonchev–Trinajstić information content (AvgIpc) is 3.44. The van der Waals surface area contributed by atoms with Crippen molar-refractivity contribution in [3.05, 3.63) is 63.4 Å². The van der Waals surface area contributed by atoms with Gasteiger partial charge in [-0.25, -0.2) is 4.39 Å². The molecule has 45 heavy (non-hydrogen) atoms. The molecule has 2 aliphatic heterocycles. The van der Waals surface area contributed by atoms with Gasteiger partial charge in [-0.05, 0) is 72.8 Å². The Morgan fingerprint density at radius 2 is 1.82 bits per heavy atom. The van der Waals surface area contributed by atoms with Gasteiger partial charge in [-0.15, -0.1) is 0 Å². The molecule has 1 saturated carbocycles. The van der Waals surface area contributed by atoms with Gasteiger partial charge in [0.15, 0.2) is 0 Å². The lowest BCUT2D eigenvalue weighted by Crippen LogP contribution is -2.50. The highest BCUT2D eigenvalue weighted by molar-refractivity contribution is 6.31. The Bertz CT molecular complexity index is 1470. The molecule has 2 fully saturated rings. The van der Waals surface area contributed by atoms with Crippen molar-refractivity contribution in [2.24, 2.45) is 17.1 Å². The first kappa shape index (κ1) is 33.6. The molecule has 3 aliphatic rings. The number of benzene rings is 2. The summed E-state index contributed by atoms with van der Waals surface area (Å²) >= 11 is 12.6. The number of anilines is 1. The monoisotopic (exact) mass is 660 g/mol. The molecule has 1 spiro atoms. The lowest BCUT2D eigenvalue weighted by molar-refractivity contribution is -0.153. The minimum Gasteiger partial charge on any atom is -0.461 e. The molecule has 5 atom stereocenters. The summed E-state index contributed by atoms with van der Waals surface area (Å²) < 4.78 is 21.6. The minimum atomic E-state index is -1.32. The first-order valence-corrected chi connectivity index (χ1v) is 16.5. The van der Waals surface area contributed by atoms with E-state index in [0.717, 1.165) is 0 Å². The Balaban J connectivity index is 1.48. The van der Waals surface area contributed by atoms with Crippen molar-refractivity contribution in [2.45, 2.75) is 108 Å². The van der Waals surface area contributed by atoms with Gasteiger partial charge >= 0.3 is 5.97 Å². The van der Waals surface area contributed by atoms with E-state index >= 15 is 4.39 Å². The van der Waals surface area contributed by atoms with Crippen LogP contribution in [0.1, 0.15) is 83.8 Å². The fraction of sp³-hybridized carbons (Fsp3) is 0.559. The summed E-state index contributed by atoms with van der Waals surface area (Å²) in [6.45, 7) is 9.95. The highest BCUT2D eigenvalue weighted by atomic mass is 35.5. The van der Waals surface area contributed by atoms with E-state index in [-0.39, 0.29) is 45.9 Å². The number of rotatable bonds is 7. The Morgan fingerprint density at radius 1 is 1.13 bits per heavy atom. The fourth-order valence-electron chi connectivity index (χ4n) is 7.28. The third kappa shape index (κ3) is 6.46. The van der Waals surface area contributed by atoms with Crippen molar-refractivity contribution in [2.75, 3.05) is 5.32 Å². The molecule has 0 unspecified atom stereocenters. The van der Waals surface area contributed by atoms with E-state index in [2.05, 4.69) is 36.7 Å². The van der Waals surface area contributed by atoms with Crippen LogP contribution in [0, 0.1) is 17.2 Å². The second-order valence-electron chi connectivity index (χ2n) is 14.3. The zero-order valence-electron chi connectivity index (χ0n) is 26.4. The quantitative estimate of drug-likeness (QED) is 0.277. The van der Waals surface area contributed by atoms with E-state index in [1.165, 1.54) is 6.07 Å². The normalized spacial score (nSPS) is 28.6.